The van der Waals surface area contributed by atoms with Crippen LogP contribution in [0.25, 0.3) is 49.4 Å². The maximum Gasteiger partial charge on any atom is 0.139 e. The number of aromatic nitrogens is 1. The largest absolute Gasteiger partial charge is 0.456 e. The molecule has 12 aromatic rings. The molecular formula is C60H42N4O. The van der Waals surface area contributed by atoms with Gasteiger partial charge in [0, 0.05) is 67.7 Å². The van der Waals surface area contributed by atoms with E-state index in [0.29, 0.717) is 0 Å². The third kappa shape index (κ3) is 6.74. The molecule has 0 aliphatic heterocycles. The van der Waals surface area contributed by atoms with Gasteiger partial charge in [0.05, 0.1) is 27.8 Å². The summed E-state index contributed by atoms with van der Waals surface area (Å²) in [6.07, 6.45) is 0. The van der Waals surface area contributed by atoms with Crippen LogP contribution in [0.3, 0.4) is 0 Å². The molecule has 0 saturated carbocycles. The zero-order valence-corrected chi connectivity index (χ0v) is 35.4. The quantitative estimate of drug-likeness (QED) is 0.137. The van der Waals surface area contributed by atoms with Gasteiger partial charge >= 0.3 is 0 Å². The molecule has 0 N–H and O–H groups in total. The molecule has 0 unspecified atom stereocenters. The molecule has 308 valence electrons. The first-order valence-corrected chi connectivity index (χ1v) is 22.0. The lowest BCUT2D eigenvalue weighted by molar-refractivity contribution is 0.669. The number of hydrogen-bond acceptors (Lipinski definition) is 4. The van der Waals surface area contributed by atoms with Gasteiger partial charge in [-0.1, -0.05) is 127 Å². The third-order valence-electron chi connectivity index (χ3n) is 12.3. The zero-order chi connectivity index (χ0) is 43.1. The van der Waals surface area contributed by atoms with Crippen molar-refractivity contribution in [2.75, 3.05) is 14.7 Å². The zero-order valence-electron chi connectivity index (χ0n) is 35.4. The number of benzene rings is 10. The summed E-state index contributed by atoms with van der Waals surface area (Å²) in [5.74, 6) is 0. The van der Waals surface area contributed by atoms with Crippen LogP contribution in [0.1, 0.15) is 0 Å². The number of para-hydroxylation sites is 7. The van der Waals surface area contributed by atoms with Crippen LogP contribution in [-0.2, 0) is 0 Å². The molecule has 0 saturated heterocycles. The van der Waals surface area contributed by atoms with E-state index in [1.165, 1.54) is 16.3 Å². The van der Waals surface area contributed by atoms with Gasteiger partial charge in [-0.2, -0.15) is 0 Å². The summed E-state index contributed by atoms with van der Waals surface area (Å²) in [4.78, 5) is 7.02. The lowest BCUT2D eigenvalue weighted by atomic mass is 10.0. The average molecular weight is 835 g/mol. The topological polar surface area (TPSA) is 27.8 Å². The molecule has 0 spiro atoms. The van der Waals surface area contributed by atoms with E-state index in [2.05, 4.69) is 274 Å². The van der Waals surface area contributed by atoms with Crippen LogP contribution in [0.4, 0.5) is 51.2 Å². The van der Waals surface area contributed by atoms with Gasteiger partial charge in [-0.25, -0.2) is 0 Å². The van der Waals surface area contributed by atoms with Crippen LogP contribution < -0.4 is 14.7 Å². The Balaban J connectivity index is 1.13. The van der Waals surface area contributed by atoms with Crippen molar-refractivity contribution in [3.8, 4) is 5.69 Å². The number of rotatable bonds is 10. The Morgan fingerprint density at radius 3 is 1.26 bits per heavy atom. The standard InChI is InChI=1S/C60H42N4O/c1-7-21-43(22-8-1)61(44-23-9-2-10-24-44)50-36-38-58-54(40-50)60-57(63(46-27-13-4-14-28-46)47-29-15-5-16-30-47)41-51(42-59(60)65-58)62(45-25-11-3-12-26-45)49-35-37-56-53(39-49)52-33-19-20-34-55(52)64(56)48-31-17-6-18-32-48/h1-42H. The van der Waals surface area contributed by atoms with Gasteiger partial charge in [0.15, 0.2) is 0 Å². The van der Waals surface area contributed by atoms with E-state index in [9.17, 15) is 0 Å². The van der Waals surface area contributed by atoms with E-state index < -0.39 is 0 Å². The van der Waals surface area contributed by atoms with E-state index in [0.717, 1.165) is 84.3 Å². The normalized spacial score (nSPS) is 11.4. The minimum absolute atomic E-state index is 0.787. The van der Waals surface area contributed by atoms with Gasteiger partial charge in [0.2, 0.25) is 0 Å². The summed E-state index contributed by atoms with van der Waals surface area (Å²) in [7, 11) is 0. The minimum Gasteiger partial charge on any atom is -0.456 e. The maximum absolute atomic E-state index is 7.03. The summed E-state index contributed by atoms with van der Waals surface area (Å²) in [5, 5.41) is 4.42. The van der Waals surface area contributed by atoms with Crippen LogP contribution >= 0.6 is 0 Å². The van der Waals surface area contributed by atoms with Crippen LogP contribution in [0, 0.1) is 0 Å². The Bertz CT molecular complexity index is 3510. The fraction of sp³-hybridized carbons (Fsp3) is 0. The van der Waals surface area contributed by atoms with Crippen molar-refractivity contribution in [2.45, 2.75) is 0 Å². The fourth-order valence-corrected chi connectivity index (χ4v) is 9.47. The Labute approximate surface area is 377 Å². The average Bonchev–Trinajstić information content (AvgIpc) is 3.91. The summed E-state index contributed by atoms with van der Waals surface area (Å²) in [6.45, 7) is 0. The smallest absolute Gasteiger partial charge is 0.139 e. The molecule has 65 heavy (non-hydrogen) atoms. The molecule has 12 rings (SSSR count). The molecule has 0 aliphatic carbocycles. The molecule has 0 aliphatic rings. The summed E-state index contributed by atoms with van der Waals surface area (Å²) in [5.41, 5.74) is 14.4. The fourth-order valence-electron chi connectivity index (χ4n) is 9.47. The molecular weight excluding hydrogens is 793 g/mol. The first-order chi connectivity index (χ1) is 32.3. The van der Waals surface area contributed by atoms with Gasteiger partial charge < -0.3 is 23.7 Å². The molecule has 0 fully saturated rings. The highest BCUT2D eigenvalue weighted by molar-refractivity contribution is 6.16. The van der Waals surface area contributed by atoms with E-state index in [-0.39, 0.29) is 0 Å². The number of hydrogen-bond donors (Lipinski definition) is 0. The van der Waals surface area contributed by atoms with Crippen molar-refractivity contribution >= 4 is 94.9 Å². The molecule has 0 amide bonds. The molecule has 5 heteroatoms. The molecule has 0 atom stereocenters. The second-order valence-electron chi connectivity index (χ2n) is 16.2. The van der Waals surface area contributed by atoms with Crippen molar-refractivity contribution in [3.05, 3.63) is 255 Å². The third-order valence-corrected chi connectivity index (χ3v) is 12.3. The van der Waals surface area contributed by atoms with E-state index in [4.69, 9.17) is 4.42 Å². The van der Waals surface area contributed by atoms with Gasteiger partial charge in [-0.15, -0.1) is 0 Å². The van der Waals surface area contributed by atoms with Crippen molar-refractivity contribution in [2.24, 2.45) is 0 Å². The minimum atomic E-state index is 0.787. The highest BCUT2D eigenvalue weighted by Crippen LogP contribution is 2.49. The van der Waals surface area contributed by atoms with Gasteiger partial charge in [-0.3, -0.25) is 0 Å². The van der Waals surface area contributed by atoms with Crippen molar-refractivity contribution in [3.63, 3.8) is 0 Å². The first kappa shape index (κ1) is 37.9. The lowest BCUT2D eigenvalue weighted by Crippen LogP contribution is -2.13. The van der Waals surface area contributed by atoms with E-state index in [1.807, 2.05) is 0 Å². The maximum atomic E-state index is 7.03. The molecule has 0 radical (unpaired) electrons. The predicted octanol–water partition coefficient (Wildman–Crippen LogP) is 17.1. The van der Waals surface area contributed by atoms with E-state index in [1.54, 1.807) is 0 Å². The number of anilines is 9. The van der Waals surface area contributed by atoms with Gasteiger partial charge in [0.25, 0.3) is 0 Å². The lowest BCUT2D eigenvalue weighted by Gasteiger charge is -2.30. The van der Waals surface area contributed by atoms with Crippen molar-refractivity contribution in [1.29, 1.82) is 0 Å². The Hall–Kier alpha value is -8.80. The molecule has 2 heterocycles. The monoisotopic (exact) mass is 834 g/mol. The van der Waals surface area contributed by atoms with Crippen LogP contribution in [0.2, 0.25) is 0 Å². The number of nitrogens with zero attached hydrogens (tertiary/aromatic N) is 4. The molecule has 10 aromatic carbocycles. The molecule has 5 nitrogen and oxygen atoms in total. The van der Waals surface area contributed by atoms with Crippen LogP contribution in [0.15, 0.2) is 259 Å². The number of fused-ring (bicyclic) bond motifs is 6. The summed E-state index contributed by atoms with van der Waals surface area (Å²) < 4.78 is 9.39. The van der Waals surface area contributed by atoms with Crippen molar-refractivity contribution in [1.82, 2.24) is 4.57 Å². The Morgan fingerprint density at radius 1 is 0.277 bits per heavy atom. The predicted molar refractivity (Wildman–Crippen MR) is 272 cm³/mol. The highest BCUT2D eigenvalue weighted by Gasteiger charge is 2.25. The number of furan rings is 1. The second kappa shape index (κ2) is 16.2. The Kier molecular flexibility index (Phi) is 9.42. The molecule has 2 aromatic heterocycles. The highest BCUT2D eigenvalue weighted by atomic mass is 16.3. The van der Waals surface area contributed by atoms with Gasteiger partial charge in [-0.05, 0) is 121 Å². The summed E-state index contributed by atoms with van der Waals surface area (Å²) >= 11 is 0. The second-order valence-corrected chi connectivity index (χ2v) is 16.2. The van der Waals surface area contributed by atoms with Crippen LogP contribution in [0.5, 0.6) is 0 Å². The summed E-state index contributed by atoms with van der Waals surface area (Å²) in [6, 6.07) is 90.3. The van der Waals surface area contributed by atoms with Crippen LogP contribution in [-0.4, -0.2) is 4.57 Å². The van der Waals surface area contributed by atoms with Crippen molar-refractivity contribution < 1.29 is 4.42 Å². The molecule has 0 bridgehead atoms. The van der Waals surface area contributed by atoms with Gasteiger partial charge in [0.1, 0.15) is 11.2 Å². The first-order valence-electron chi connectivity index (χ1n) is 22.0. The SMILES string of the molecule is c1ccc(N(c2ccccc2)c2ccc3oc4cc(N(c5ccccc5)c5ccc6c(c5)c5ccccc5n6-c5ccccc5)cc(N(c5ccccc5)c5ccccc5)c4c3c2)cc1. The Morgan fingerprint density at radius 2 is 0.708 bits per heavy atom. The van der Waals surface area contributed by atoms with E-state index >= 15 is 0 Å².